The van der Waals surface area contributed by atoms with E-state index in [1.165, 1.54) is 6.07 Å². The number of aromatic nitrogens is 2. The smallest absolute Gasteiger partial charge is 0.194 e. The number of aryl methyl sites for hydroxylation is 1. The molecule has 162 valence electrons. The van der Waals surface area contributed by atoms with Crippen LogP contribution in [-0.2, 0) is 18.3 Å². The Morgan fingerprint density at radius 3 is 2.74 bits per heavy atom. The van der Waals surface area contributed by atoms with E-state index in [0.717, 1.165) is 23.6 Å². The van der Waals surface area contributed by atoms with Crippen LogP contribution >= 0.6 is 0 Å². The van der Waals surface area contributed by atoms with E-state index in [-0.39, 0.29) is 11.9 Å². The third-order valence-electron chi connectivity index (χ3n) is 5.14. The van der Waals surface area contributed by atoms with Crippen LogP contribution in [0.1, 0.15) is 17.2 Å². The Morgan fingerprint density at radius 2 is 2.00 bits per heavy atom. The molecule has 2 heterocycles. The molecule has 0 spiro atoms. The van der Waals surface area contributed by atoms with Crippen LogP contribution in [0.3, 0.4) is 0 Å². The molecule has 31 heavy (non-hydrogen) atoms. The highest BCUT2D eigenvalue weighted by atomic mass is 19.1. The number of nitrogens with zero attached hydrogens (tertiary/aromatic N) is 4. The number of nitrogens with one attached hydrogen (secondary N) is 1. The Bertz CT molecular complexity index is 1050. The molecular formula is C23H26FN5O2. The number of rotatable bonds is 5. The largest absolute Gasteiger partial charge is 0.454 e. The average Bonchev–Trinajstić information content (AvgIpc) is 3.23. The molecule has 1 aliphatic heterocycles. The van der Waals surface area contributed by atoms with Gasteiger partial charge in [-0.25, -0.2) is 4.39 Å². The predicted molar refractivity (Wildman–Crippen MR) is 117 cm³/mol. The van der Waals surface area contributed by atoms with Crippen LogP contribution in [0, 0.1) is 5.82 Å². The van der Waals surface area contributed by atoms with Crippen molar-refractivity contribution in [2.24, 2.45) is 12.0 Å². The molecule has 2 aromatic carbocycles. The van der Waals surface area contributed by atoms with Gasteiger partial charge in [-0.05, 0) is 18.2 Å². The number of benzene rings is 2. The predicted octanol–water partition coefficient (Wildman–Crippen LogP) is 3.50. The molecule has 0 aliphatic carbocycles. The molecule has 0 saturated carbocycles. The number of para-hydroxylation sites is 2. The summed E-state index contributed by atoms with van der Waals surface area (Å²) in [5.74, 6) is 1.19. The van der Waals surface area contributed by atoms with E-state index in [4.69, 9.17) is 9.47 Å². The maximum Gasteiger partial charge on any atom is 0.194 e. The fraction of sp³-hybridized carbons (Fsp3) is 0.304. The molecule has 1 aromatic heterocycles. The van der Waals surface area contributed by atoms with Crippen molar-refractivity contribution in [3.05, 3.63) is 77.9 Å². The van der Waals surface area contributed by atoms with E-state index in [1.54, 1.807) is 29.9 Å². The highest BCUT2D eigenvalue weighted by Crippen LogP contribution is 2.27. The Labute approximate surface area is 181 Å². The van der Waals surface area contributed by atoms with Gasteiger partial charge in [-0.15, -0.1) is 0 Å². The highest BCUT2D eigenvalue weighted by Gasteiger charge is 2.25. The Balaban J connectivity index is 1.43. The van der Waals surface area contributed by atoms with Crippen LogP contribution in [0.15, 0.2) is 65.9 Å². The van der Waals surface area contributed by atoms with Gasteiger partial charge in [0.1, 0.15) is 11.9 Å². The maximum atomic E-state index is 14.0. The highest BCUT2D eigenvalue weighted by molar-refractivity contribution is 5.80. The number of guanidine groups is 1. The van der Waals surface area contributed by atoms with Crippen molar-refractivity contribution in [3.63, 3.8) is 0 Å². The van der Waals surface area contributed by atoms with Gasteiger partial charge < -0.3 is 19.7 Å². The summed E-state index contributed by atoms with van der Waals surface area (Å²) < 4.78 is 27.5. The Kier molecular flexibility index (Phi) is 6.47. The topological polar surface area (TPSA) is 63.9 Å². The summed E-state index contributed by atoms with van der Waals surface area (Å²) >= 11 is 0. The second kappa shape index (κ2) is 9.61. The van der Waals surface area contributed by atoms with E-state index in [9.17, 15) is 4.39 Å². The van der Waals surface area contributed by atoms with Crippen molar-refractivity contribution in [1.29, 1.82) is 0 Å². The van der Waals surface area contributed by atoms with Gasteiger partial charge in [0.25, 0.3) is 0 Å². The summed E-state index contributed by atoms with van der Waals surface area (Å²) in [6.45, 7) is 2.52. The van der Waals surface area contributed by atoms with Crippen molar-refractivity contribution < 1.29 is 13.9 Å². The third kappa shape index (κ3) is 5.03. The molecule has 1 atom stereocenters. The zero-order valence-electron chi connectivity index (χ0n) is 17.7. The first-order valence-corrected chi connectivity index (χ1v) is 10.2. The molecule has 0 radical (unpaired) electrons. The summed E-state index contributed by atoms with van der Waals surface area (Å²) in [4.78, 5) is 6.61. The SMILES string of the molecule is CN=C(NCc1ccccc1Oc1ccccc1F)N1CCOC(c2cnn(C)c2)C1. The number of hydrogen-bond donors (Lipinski definition) is 1. The van der Waals surface area contributed by atoms with Gasteiger partial charge in [-0.2, -0.15) is 5.10 Å². The molecule has 7 nitrogen and oxygen atoms in total. The Hall–Kier alpha value is -3.39. The first-order valence-electron chi connectivity index (χ1n) is 10.2. The van der Waals surface area contributed by atoms with Gasteiger partial charge in [-0.1, -0.05) is 30.3 Å². The average molecular weight is 423 g/mol. The molecule has 0 bridgehead atoms. The lowest BCUT2D eigenvalue weighted by Gasteiger charge is -2.34. The summed E-state index contributed by atoms with van der Waals surface area (Å²) in [7, 11) is 3.66. The van der Waals surface area contributed by atoms with E-state index in [2.05, 4.69) is 20.3 Å². The van der Waals surface area contributed by atoms with Gasteiger partial charge in [0.05, 0.1) is 19.3 Å². The molecule has 0 amide bonds. The van der Waals surface area contributed by atoms with Gasteiger partial charge in [0.2, 0.25) is 0 Å². The normalized spacial score (nSPS) is 16.9. The van der Waals surface area contributed by atoms with Gasteiger partial charge in [-0.3, -0.25) is 9.67 Å². The molecule has 1 saturated heterocycles. The van der Waals surface area contributed by atoms with Gasteiger partial charge in [0.15, 0.2) is 17.5 Å². The fourth-order valence-electron chi connectivity index (χ4n) is 3.55. The van der Waals surface area contributed by atoms with Crippen LogP contribution in [0.2, 0.25) is 0 Å². The van der Waals surface area contributed by atoms with Crippen LogP contribution in [-0.4, -0.2) is 47.4 Å². The van der Waals surface area contributed by atoms with Crippen LogP contribution in [0.4, 0.5) is 4.39 Å². The first kappa shape index (κ1) is 20.9. The molecule has 1 fully saturated rings. The van der Waals surface area contributed by atoms with E-state index in [0.29, 0.717) is 25.4 Å². The zero-order valence-corrected chi connectivity index (χ0v) is 17.7. The maximum absolute atomic E-state index is 14.0. The number of hydrogen-bond acceptors (Lipinski definition) is 4. The molecule has 8 heteroatoms. The van der Waals surface area contributed by atoms with Crippen molar-refractivity contribution in [2.45, 2.75) is 12.6 Å². The standard InChI is InChI=1S/C23H26FN5O2/c1-25-23(29-11-12-30-22(16-29)18-14-27-28(2)15-18)26-13-17-7-3-5-9-20(17)31-21-10-6-4-8-19(21)24/h3-10,14-15,22H,11-13,16H2,1-2H3,(H,25,26). The van der Waals surface area contributed by atoms with Crippen LogP contribution in [0.25, 0.3) is 0 Å². The first-order chi connectivity index (χ1) is 15.1. The van der Waals surface area contributed by atoms with Gasteiger partial charge >= 0.3 is 0 Å². The summed E-state index contributed by atoms with van der Waals surface area (Å²) in [6, 6.07) is 14.0. The molecular weight excluding hydrogens is 397 g/mol. The minimum absolute atomic E-state index is 0.0577. The minimum atomic E-state index is -0.393. The summed E-state index contributed by atoms with van der Waals surface area (Å²) in [6.07, 6.45) is 3.75. The van der Waals surface area contributed by atoms with Crippen molar-refractivity contribution in [2.75, 3.05) is 26.7 Å². The van der Waals surface area contributed by atoms with Crippen molar-refractivity contribution in [1.82, 2.24) is 20.0 Å². The fourth-order valence-corrected chi connectivity index (χ4v) is 3.55. The van der Waals surface area contributed by atoms with Crippen molar-refractivity contribution in [3.8, 4) is 11.5 Å². The number of morpholine rings is 1. The molecule has 3 aromatic rings. The van der Waals surface area contributed by atoms with Crippen LogP contribution < -0.4 is 10.1 Å². The minimum Gasteiger partial charge on any atom is -0.454 e. The number of aliphatic imine (C=N–C) groups is 1. The van der Waals surface area contributed by atoms with E-state index >= 15 is 0 Å². The quantitative estimate of drug-likeness (QED) is 0.503. The van der Waals surface area contributed by atoms with Gasteiger partial charge in [0, 0.05) is 44.5 Å². The zero-order chi connectivity index (χ0) is 21.6. The second-order valence-corrected chi connectivity index (χ2v) is 7.29. The Morgan fingerprint density at radius 1 is 1.23 bits per heavy atom. The van der Waals surface area contributed by atoms with E-state index in [1.807, 2.05) is 43.7 Å². The monoisotopic (exact) mass is 423 g/mol. The molecule has 1 aliphatic rings. The second-order valence-electron chi connectivity index (χ2n) is 7.29. The number of halogens is 1. The lowest BCUT2D eigenvalue weighted by Crippen LogP contribution is -2.47. The molecule has 4 rings (SSSR count). The lowest BCUT2D eigenvalue weighted by molar-refractivity contribution is -0.00805. The van der Waals surface area contributed by atoms with Crippen LogP contribution in [0.5, 0.6) is 11.5 Å². The lowest BCUT2D eigenvalue weighted by atomic mass is 10.1. The summed E-state index contributed by atoms with van der Waals surface area (Å²) in [5.41, 5.74) is 1.95. The van der Waals surface area contributed by atoms with E-state index < -0.39 is 5.82 Å². The molecule has 1 N–H and O–H groups in total. The summed E-state index contributed by atoms with van der Waals surface area (Å²) in [5, 5.41) is 7.64. The van der Waals surface area contributed by atoms with Crippen molar-refractivity contribution >= 4 is 5.96 Å². The molecule has 1 unspecified atom stereocenters. The number of ether oxygens (including phenoxy) is 2. The third-order valence-corrected chi connectivity index (χ3v) is 5.14.